The van der Waals surface area contributed by atoms with Gasteiger partial charge in [-0.3, -0.25) is 0 Å². The molecule has 0 spiro atoms. The zero-order chi connectivity index (χ0) is 10.7. The average Bonchev–Trinajstić information content (AvgIpc) is 2.66. The van der Waals surface area contributed by atoms with Crippen LogP contribution < -0.4 is 5.73 Å². The Morgan fingerprint density at radius 3 is 2.67 bits per heavy atom. The molecule has 0 aliphatic rings. The Bertz CT molecular complexity index is 424. The molecule has 0 saturated carbocycles. The predicted molar refractivity (Wildman–Crippen MR) is 61.7 cm³/mol. The van der Waals surface area contributed by atoms with Gasteiger partial charge in [0.15, 0.2) is 0 Å². The Kier molecular flexibility index (Phi) is 3.08. The second-order valence-electron chi connectivity index (χ2n) is 3.52. The fourth-order valence-corrected chi connectivity index (χ4v) is 2.18. The van der Waals surface area contributed by atoms with Crippen molar-refractivity contribution >= 4 is 11.5 Å². The summed E-state index contributed by atoms with van der Waals surface area (Å²) in [6.45, 7) is 1.95. The van der Waals surface area contributed by atoms with Gasteiger partial charge in [0.1, 0.15) is 0 Å². The van der Waals surface area contributed by atoms with Crippen molar-refractivity contribution in [2.45, 2.75) is 19.4 Å². The number of aromatic nitrogens is 2. The van der Waals surface area contributed by atoms with Gasteiger partial charge >= 0.3 is 0 Å². The molecule has 2 N–H and O–H groups in total. The molecule has 15 heavy (non-hydrogen) atoms. The van der Waals surface area contributed by atoms with Crippen LogP contribution in [0.4, 0.5) is 0 Å². The van der Waals surface area contributed by atoms with Crippen LogP contribution in [0, 0.1) is 6.92 Å². The lowest BCUT2D eigenvalue weighted by molar-refractivity contribution is 0.728. The van der Waals surface area contributed by atoms with Gasteiger partial charge in [-0.25, -0.2) is 0 Å². The zero-order valence-electron chi connectivity index (χ0n) is 8.55. The van der Waals surface area contributed by atoms with E-state index in [0.717, 1.165) is 17.0 Å². The second-order valence-corrected chi connectivity index (χ2v) is 4.30. The maximum absolute atomic E-state index is 6.10. The molecule has 0 amide bonds. The molecule has 0 aliphatic heterocycles. The molecule has 1 aromatic heterocycles. The fourth-order valence-electron chi connectivity index (χ4n) is 1.54. The maximum atomic E-state index is 6.10. The van der Waals surface area contributed by atoms with Crippen LogP contribution in [0.3, 0.4) is 0 Å². The van der Waals surface area contributed by atoms with Crippen molar-refractivity contribution in [1.29, 1.82) is 0 Å². The SMILES string of the molecule is Cc1nnsc1C(N)Cc1ccccc1. The first-order chi connectivity index (χ1) is 7.27. The van der Waals surface area contributed by atoms with Crippen LogP contribution in [0.5, 0.6) is 0 Å². The molecule has 0 fully saturated rings. The van der Waals surface area contributed by atoms with Crippen LogP contribution in [0.15, 0.2) is 30.3 Å². The number of rotatable bonds is 3. The first-order valence-electron chi connectivity index (χ1n) is 4.85. The van der Waals surface area contributed by atoms with Crippen LogP contribution in [-0.4, -0.2) is 9.59 Å². The van der Waals surface area contributed by atoms with E-state index in [1.807, 2.05) is 25.1 Å². The van der Waals surface area contributed by atoms with Gasteiger partial charge in [0.25, 0.3) is 0 Å². The molecule has 1 aromatic carbocycles. The molecule has 1 heterocycles. The van der Waals surface area contributed by atoms with Gasteiger partial charge < -0.3 is 5.73 Å². The van der Waals surface area contributed by atoms with Gasteiger partial charge in [-0.1, -0.05) is 34.8 Å². The third-order valence-corrected chi connectivity index (χ3v) is 3.28. The average molecular weight is 219 g/mol. The van der Waals surface area contributed by atoms with E-state index in [1.54, 1.807) is 0 Å². The summed E-state index contributed by atoms with van der Waals surface area (Å²) in [4.78, 5) is 1.08. The van der Waals surface area contributed by atoms with E-state index in [4.69, 9.17) is 5.73 Å². The number of nitrogens with zero attached hydrogens (tertiary/aromatic N) is 2. The molecule has 1 unspecified atom stereocenters. The monoisotopic (exact) mass is 219 g/mol. The standard InChI is InChI=1S/C11H13N3S/c1-8-11(15-14-13-8)10(12)7-9-5-3-2-4-6-9/h2-6,10H,7,12H2,1H3. The van der Waals surface area contributed by atoms with E-state index in [0.29, 0.717) is 0 Å². The highest BCUT2D eigenvalue weighted by atomic mass is 32.1. The minimum atomic E-state index is 0.00685. The quantitative estimate of drug-likeness (QED) is 0.860. The molecule has 0 radical (unpaired) electrons. The summed E-state index contributed by atoms with van der Waals surface area (Å²) in [5.74, 6) is 0. The normalized spacial score (nSPS) is 12.7. The summed E-state index contributed by atoms with van der Waals surface area (Å²) in [6, 6.07) is 10.2. The number of benzene rings is 1. The highest BCUT2D eigenvalue weighted by Crippen LogP contribution is 2.21. The molecule has 0 saturated heterocycles. The largest absolute Gasteiger partial charge is 0.323 e. The highest BCUT2D eigenvalue weighted by Gasteiger charge is 2.12. The molecule has 4 heteroatoms. The van der Waals surface area contributed by atoms with Gasteiger partial charge in [-0.2, -0.15) is 0 Å². The van der Waals surface area contributed by atoms with E-state index < -0.39 is 0 Å². The number of hydrogen-bond acceptors (Lipinski definition) is 4. The molecule has 1 atom stereocenters. The van der Waals surface area contributed by atoms with Gasteiger partial charge in [0.2, 0.25) is 0 Å². The second kappa shape index (κ2) is 4.51. The minimum absolute atomic E-state index is 0.00685. The summed E-state index contributed by atoms with van der Waals surface area (Å²) in [7, 11) is 0. The molecule has 3 nitrogen and oxygen atoms in total. The van der Waals surface area contributed by atoms with Gasteiger partial charge in [-0.15, -0.1) is 5.10 Å². The smallest absolute Gasteiger partial charge is 0.0772 e. The van der Waals surface area contributed by atoms with E-state index in [2.05, 4.69) is 21.7 Å². The molecule has 2 aromatic rings. The Morgan fingerprint density at radius 1 is 1.33 bits per heavy atom. The molecule has 0 bridgehead atoms. The van der Waals surface area contributed by atoms with Crippen molar-refractivity contribution in [1.82, 2.24) is 9.59 Å². The van der Waals surface area contributed by atoms with Crippen molar-refractivity contribution in [2.75, 3.05) is 0 Å². The van der Waals surface area contributed by atoms with Crippen LogP contribution in [0.25, 0.3) is 0 Å². The summed E-state index contributed by atoms with van der Waals surface area (Å²) in [5.41, 5.74) is 8.30. The summed E-state index contributed by atoms with van der Waals surface area (Å²) < 4.78 is 3.90. The van der Waals surface area contributed by atoms with Gasteiger partial charge in [-0.05, 0) is 30.4 Å². The number of nitrogens with two attached hydrogens (primary N) is 1. The fraction of sp³-hybridized carbons (Fsp3) is 0.273. The highest BCUT2D eigenvalue weighted by molar-refractivity contribution is 7.05. The number of aryl methyl sites for hydroxylation is 1. The molecular weight excluding hydrogens is 206 g/mol. The van der Waals surface area contributed by atoms with E-state index in [9.17, 15) is 0 Å². The Balaban J connectivity index is 2.11. The van der Waals surface area contributed by atoms with Crippen LogP contribution in [-0.2, 0) is 6.42 Å². The lowest BCUT2D eigenvalue weighted by Crippen LogP contribution is -2.12. The summed E-state index contributed by atoms with van der Waals surface area (Å²) in [6.07, 6.45) is 0.839. The van der Waals surface area contributed by atoms with E-state index in [1.165, 1.54) is 17.1 Å². The van der Waals surface area contributed by atoms with Gasteiger partial charge in [0.05, 0.1) is 10.6 Å². The Labute approximate surface area is 93.1 Å². The Hall–Kier alpha value is -1.26. The van der Waals surface area contributed by atoms with Crippen molar-refractivity contribution < 1.29 is 0 Å². The van der Waals surface area contributed by atoms with E-state index >= 15 is 0 Å². The molecule has 2 rings (SSSR count). The molecule has 0 aliphatic carbocycles. The van der Waals surface area contributed by atoms with Crippen molar-refractivity contribution in [2.24, 2.45) is 5.73 Å². The van der Waals surface area contributed by atoms with Crippen molar-refractivity contribution in [3.8, 4) is 0 Å². The van der Waals surface area contributed by atoms with Crippen LogP contribution >= 0.6 is 11.5 Å². The topological polar surface area (TPSA) is 51.8 Å². The first-order valence-corrected chi connectivity index (χ1v) is 5.63. The summed E-state index contributed by atoms with van der Waals surface area (Å²) >= 11 is 1.39. The third kappa shape index (κ3) is 2.40. The maximum Gasteiger partial charge on any atom is 0.0772 e. The molecule has 78 valence electrons. The van der Waals surface area contributed by atoms with Gasteiger partial charge in [0, 0.05) is 6.04 Å². The van der Waals surface area contributed by atoms with E-state index in [-0.39, 0.29) is 6.04 Å². The Morgan fingerprint density at radius 2 is 2.07 bits per heavy atom. The zero-order valence-corrected chi connectivity index (χ0v) is 9.37. The van der Waals surface area contributed by atoms with Crippen LogP contribution in [0.2, 0.25) is 0 Å². The molecular formula is C11H13N3S. The van der Waals surface area contributed by atoms with Crippen molar-refractivity contribution in [3.63, 3.8) is 0 Å². The predicted octanol–water partition coefficient (Wildman–Crippen LogP) is 2.09. The lowest BCUT2D eigenvalue weighted by atomic mass is 10.0. The first kappa shape index (κ1) is 10.3. The number of hydrogen-bond donors (Lipinski definition) is 1. The summed E-state index contributed by atoms with van der Waals surface area (Å²) in [5, 5.41) is 3.97. The minimum Gasteiger partial charge on any atom is -0.323 e. The lowest BCUT2D eigenvalue weighted by Gasteiger charge is -2.09. The van der Waals surface area contributed by atoms with Crippen LogP contribution in [0.1, 0.15) is 22.2 Å². The third-order valence-electron chi connectivity index (χ3n) is 2.32. The van der Waals surface area contributed by atoms with Crippen molar-refractivity contribution in [3.05, 3.63) is 46.5 Å².